The number of nitrogens with zero attached hydrogens (tertiary/aromatic N) is 2. The summed E-state index contributed by atoms with van der Waals surface area (Å²) in [7, 11) is 1.61. The fourth-order valence-corrected chi connectivity index (χ4v) is 5.86. The van der Waals surface area contributed by atoms with Crippen molar-refractivity contribution in [2.24, 2.45) is 0 Å². The highest BCUT2D eigenvalue weighted by molar-refractivity contribution is 7.99. The minimum atomic E-state index is -0.195. The average molecular weight is 471 g/mol. The molecule has 3 aromatic rings. The SMILES string of the molecule is CCn1ccnc1SCC(=O)Nc1sc2c(c1C(=O)Nc1ccc(OC)cc1)CCCC2. The summed E-state index contributed by atoms with van der Waals surface area (Å²) >= 11 is 2.92. The number of imidazole rings is 1. The van der Waals surface area contributed by atoms with Crippen LogP contribution in [0.2, 0.25) is 0 Å². The van der Waals surface area contributed by atoms with Crippen molar-refractivity contribution in [3.05, 3.63) is 52.7 Å². The highest BCUT2D eigenvalue weighted by Gasteiger charge is 2.26. The standard InChI is InChI=1S/C23H26N4O3S2/c1-3-27-13-12-24-23(27)31-14-19(28)26-22-20(17-6-4-5-7-18(17)32-22)21(29)25-15-8-10-16(30-2)11-9-15/h8-13H,3-7,14H2,1-2H3,(H,25,29)(H,26,28). The van der Waals surface area contributed by atoms with Gasteiger partial charge in [-0.1, -0.05) is 11.8 Å². The van der Waals surface area contributed by atoms with Crippen LogP contribution in [0.3, 0.4) is 0 Å². The number of hydrogen-bond acceptors (Lipinski definition) is 6. The summed E-state index contributed by atoms with van der Waals surface area (Å²) in [6.45, 7) is 2.84. The molecule has 32 heavy (non-hydrogen) atoms. The van der Waals surface area contributed by atoms with Crippen LogP contribution in [0.1, 0.15) is 40.6 Å². The molecule has 0 radical (unpaired) electrons. The van der Waals surface area contributed by atoms with Crippen LogP contribution < -0.4 is 15.4 Å². The van der Waals surface area contributed by atoms with Crippen LogP contribution in [0.5, 0.6) is 5.75 Å². The Balaban J connectivity index is 1.50. The lowest BCUT2D eigenvalue weighted by Gasteiger charge is -2.13. The van der Waals surface area contributed by atoms with E-state index in [-0.39, 0.29) is 17.6 Å². The summed E-state index contributed by atoms with van der Waals surface area (Å²) in [4.78, 5) is 31.4. The van der Waals surface area contributed by atoms with Gasteiger partial charge in [0.15, 0.2) is 5.16 Å². The van der Waals surface area contributed by atoms with Crippen LogP contribution in [0, 0.1) is 0 Å². The van der Waals surface area contributed by atoms with Crippen LogP contribution in [0.4, 0.5) is 10.7 Å². The number of methoxy groups -OCH3 is 1. The molecule has 9 heteroatoms. The highest BCUT2D eigenvalue weighted by atomic mass is 32.2. The van der Waals surface area contributed by atoms with Gasteiger partial charge >= 0.3 is 0 Å². The molecule has 0 fully saturated rings. The number of amides is 2. The minimum Gasteiger partial charge on any atom is -0.497 e. The Labute approximate surface area is 195 Å². The molecule has 0 atom stereocenters. The number of hydrogen-bond donors (Lipinski definition) is 2. The first-order valence-electron chi connectivity index (χ1n) is 10.6. The number of anilines is 2. The zero-order valence-corrected chi connectivity index (χ0v) is 19.8. The Kier molecular flexibility index (Phi) is 7.16. The Morgan fingerprint density at radius 3 is 2.72 bits per heavy atom. The molecule has 1 aliphatic rings. The maximum Gasteiger partial charge on any atom is 0.258 e. The van der Waals surface area contributed by atoms with Crippen molar-refractivity contribution in [2.75, 3.05) is 23.5 Å². The maximum absolute atomic E-state index is 13.2. The number of aryl methyl sites for hydroxylation is 2. The van der Waals surface area contributed by atoms with E-state index in [1.165, 1.54) is 28.0 Å². The van der Waals surface area contributed by atoms with Crippen molar-refractivity contribution in [1.82, 2.24) is 9.55 Å². The fourth-order valence-electron chi connectivity index (χ4n) is 3.73. The fraction of sp³-hybridized carbons (Fsp3) is 0.348. The van der Waals surface area contributed by atoms with Crippen LogP contribution in [-0.2, 0) is 24.2 Å². The number of nitrogens with one attached hydrogen (secondary N) is 2. The molecule has 1 aliphatic carbocycles. The van der Waals surface area contributed by atoms with E-state index >= 15 is 0 Å². The molecule has 2 amide bonds. The first-order valence-corrected chi connectivity index (χ1v) is 12.4. The number of benzene rings is 1. The van der Waals surface area contributed by atoms with Gasteiger partial charge in [0.05, 0.1) is 18.4 Å². The van der Waals surface area contributed by atoms with Crippen molar-refractivity contribution in [3.63, 3.8) is 0 Å². The van der Waals surface area contributed by atoms with Crippen molar-refractivity contribution in [3.8, 4) is 5.75 Å². The molecule has 168 valence electrons. The smallest absolute Gasteiger partial charge is 0.258 e. The van der Waals surface area contributed by atoms with Crippen molar-refractivity contribution >= 4 is 45.6 Å². The van der Waals surface area contributed by atoms with E-state index in [1.807, 2.05) is 17.7 Å². The van der Waals surface area contributed by atoms with Gasteiger partial charge in [0, 0.05) is 29.5 Å². The first-order chi connectivity index (χ1) is 15.6. The molecule has 0 bridgehead atoms. The topological polar surface area (TPSA) is 85.2 Å². The van der Waals surface area contributed by atoms with Gasteiger partial charge in [-0.2, -0.15) is 0 Å². The third-order valence-corrected chi connectivity index (χ3v) is 7.56. The lowest BCUT2D eigenvalue weighted by Crippen LogP contribution is -2.19. The Bertz CT molecular complexity index is 1110. The number of thioether (sulfide) groups is 1. The summed E-state index contributed by atoms with van der Waals surface area (Å²) in [6.07, 6.45) is 7.59. The summed E-state index contributed by atoms with van der Waals surface area (Å²) < 4.78 is 7.18. The molecule has 0 spiro atoms. The summed E-state index contributed by atoms with van der Waals surface area (Å²) in [5.41, 5.74) is 2.34. The molecular formula is C23H26N4O3S2. The molecule has 1 aromatic carbocycles. The lowest BCUT2D eigenvalue weighted by molar-refractivity contribution is -0.113. The monoisotopic (exact) mass is 470 g/mol. The van der Waals surface area contributed by atoms with Crippen molar-refractivity contribution in [1.29, 1.82) is 0 Å². The zero-order valence-electron chi connectivity index (χ0n) is 18.1. The Morgan fingerprint density at radius 1 is 1.19 bits per heavy atom. The van der Waals surface area contributed by atoms with Gasteiger partial charge in [0.25, 0.3) is 5.91 Å². The molecule has 2 aromatic heterocycles. The van der Waals surface area contributed by atoms with Gasteiger partial charge in [0.1, 0.15) is 10.8 Å². The minimum absolute atomic E-state index is 0.141. The summed E-state index contributed by atoms with van der Waals surface area (Å²) in [6, 6.07) is 7.22. The zero-order chi connectivity index (χ0) is 22.5. The molecule has 7 nitrogen and oxygen atoms in total. The number of carbonyl (C=O) groups excluding carboxylic acids is 2. The Hall–Kier alpha value is -2.78. The second kappa shape index (κ2) is 10.2. The second-order valence-electron chi connectivity index (χ2n) is 7.43. The van der Waals surface area contributed by atoms with Gasteiger partial charge in [-0.3, -0.25) is 9.59 Å². The second-order valence-corrected chi connectivity index (χ2v) is 9.48. The average Bonchev–Trinajstić information content (AvgIpc) is 3.41. The molecule has 0 unspecified atom stereocenters. The maximum atomic E-state index is 13.2. The van der Waals surface area contributed by atoms with E-state index in [0.717, 1.165) is 48.7 Å². The van der Waals surface area contributed by atoms with Gasteiger partial charge in [-0.15, -0.1) is 11.3 Å². The predicted octanol–water partition coefficient (Wildman–Crippen LogP) is 4.84. The van der Waals surface area contributed by atoms with E-state index < -0.39 is 0 Å². The number of fused-ring (bicyclic) bond motifs is 1. The molecule has 2 heterocycles. The summed E-state index contributed by atoms with van der Waals surface area (Å²) in [5, 5.41) is 7.41. The molecule has 4 rings (SSSR count). The van der Waals surface area contributed by atoms with Crippen LogP contribution in [0.25, 0.3) is 0 Å². The van der Waals surface area contributed by atoms with E-state index in [2.05, 4.69) is 15.6 Å². The lowest BCUT2D eigenvalue weighted by atomic mass is 9.95. The van der Waals surface area contributed by atoms with Crippen LogP contribution >= 0.6 is 23.1 Å². The van der Waals surface area contributed by atoms with Crippen molar-refractivity contribution < 1.29 is 14.3 Å². The number of rotatable bonds is 8. The first kappa shape index (κ1) is 22.4. The third-order valence-electron chi connectivity index (χ3n) is 5.35. The largest absolute Gasteiger partial charge is 0.497 e. The van der Waals surface area contributed by atoms with Gasteiger partial charge in [-0.05, 0) is 62.4 Å². The van der Waals surface area contributed by atoms with Crippen LogP contribution in [-0.4, -0.2) is 34.2 Å². The molecule has 0 saturated carbocycles. The molecule has 0 saturated heterocycles. The molecular weight excluding hydrogens is 444 g/mol. The third kappa shape index (κ3) is 4.99. The molecule has 0 aliphatic heterocycles. The van der Waals surface area contributed by atoms with E-state index in [9.17, 15) is 9.59 Å². The predicted molar refractivity (Wildman–Crippen MR) is 129 cm³/mol. The molecule has 2 N–H and O–H groups in total. The Morgan fingerprint density at radius 2 is 1.97 bits per heavy atom. The number of aromatic nitrogens is 2. The number of carbonyl (C=O) groups is 2. The quantitative estimate of drug-likeness (QED) is 0.461. The van der Waals surface area contributed by atoms with Gasteiger partial charge in [-0.25, -0.2) is 4.98 Å². The van der Waals surface area contributed by atoms with Crippen molar-refractivity contribution in [2.45, 2.75) is 44.3 Å². The summed E-state index contributed by atoms with van der Waals surface area (Å²) in [5.74, 6) is 0.626. The van der Waals surface area contributed by atoms with E-state index in [1.54, 1.807) is 37.6 Å². The normalized spacial score (nSPS) is 12.8. The highest BCUT2D eigenvalue weighted by Crippen LogP contribution is 2.38. The number of thiophene rings is 1. The number of ether oxygens (including phenoxy) is 1. The van der Waals surface area contributed by atoms with E-state index in [0.29, 0.717) is 16.3 Å². The van der Waals surface area contributed by atoms with Gasteiger partial charge in [0.2, 0.25) is 5.91 Å². The van der Waals surface area contributed by atoms with Gasteiger partial charge < -0.3 is 19.9 Å². The van der Waals surface area contributed by atoms with Crippen LogP contribution in [0.15, 0.2) is 41.8 Å². The van der Waals surface area contributed by atoms with E-state index in [4.69, 9.17) is 4.74 Å².